The van der Waals surface area contributed by atoms with Crippen LogP contribution >= 0.6 is 0 Å². The number of nitrogens with zero attached hydrogens (tertiary/aromatic N) is 1. The van der Waals surface area contributed by atoms with Crippen LogP contribution in [-0.2, 0) is 4.74 Å². The summed E-state index contributed by atoms with van der Waals surface area (Å²) in [5, 5.41) is 3.77. The zero-order valence-corrected chi connectivity index (χ0v) is 12.9. The molecule has 0 aromatic carbocycles. The quantitative estimate of drug-likeness (QED) is 0.801. The Morgan fingerprint density at radius 1 is 1.16 bits per heavy atom. The van der Waals surface area contributed by atoms with E-state index in [1.807, 2.05) is 0 Å². The first-order valence-corrected chi connectivity index (χ1v) is 8.38. The number of nitrogens with one attached hydrogen (secondary N) is 1. The molecule has 2 rings (SSSR count). The molecule has 2 fully saturated rings. The molecule has 1 N–H and O–H groups in total. The van der Waals surface area contributed by atoms with Gasteiger partial charge in [-0.2, -0.15) is 0 Å². The third kappa shape index (κ3) is 4.44. The van der Waals surface area contributed by atoms with Gasteiger partial charge in [-0.1, -0.05) is 33.1 Å². The normalized spacial score (nSPS) is 27.0. The van der Waals surface area contributed by atoms with E-state index in [1.54, 1.807) is 0 Å². The van der Waals surface area contributed by atoms with Gasteiger partial charge in [-0.3, -0.25) is 0 Å². The molecule has 112 valence electrons. The summed E-state index contributed by atoms with van der Waals surface area (Å²) in [5.74, 6) is 0. The summed E-state index contributed by atoms with van der Waals surface area (Å²) in [6.07, 6.45) is 9.16. The minimum Gasteiger partial charge on any atom is -0.375 e. The highest BCUT2D eigenvalue weighted by Gasteiger charge is 2.38. The lowest BCUT2D eigenvalue weighted by atomic mass is 9.78. The molecular formula is C16H32N2O. The molecule has 1 unspecified atom stereocenters. The van der Waals surface area contributed by atoms with Crippen molar-refractivity contribution in [2.24, 2.45) is 0 Å². The first-order valence-electron chi connectivity index (χ1n) is 8.38. The number of hydrogen-bond donors (Lipinski definition) is 1. The molecule has 0 bridgehead atoms. The van der Waals surface area contributed by atoms with E-state index in [4.69, 9.17) is 4.74 Å². The van der Waals surface area contributed by atoms with Gasteiger partial charge in [0, 0.05) is 25.7 Å². The van der Waals surface area contributed by atoms with E-state index in [0.29, 0.717) is 6.04 Å². The van der Waals surface area contributed by atoms with Crippen LogP contribution in [0.1, 0.15) is 58.8 Å². The molecule has 2 aliphatic rings. The molecule has 1 heterocycles. The maximum Gasteiger partial charge on any atom is 0.0697 e. The van der Waals surface area contributed by atoms with Gasteiger partial charge in [0.2, 0.25) is 0 Å². The molecule has 3 heteroatoms. The minimum atomic E-state index is 0.239. The van der Waals surface area contributed by atoms with Crippen molar-refractivity contribution < 1.29 is 4.74 Å². The van der Waals surface area contributed by atoms with Crippen molar-refractivity contribution in [2.75, 3.05) is 32.8 Å². The number of likely N-dealkylation sites (N-methyl/N-ethyl adjacent to an activating group) is 1. The van der Waals surface area contributed by atoms with E-state index in [2.05, 4.69) is 24.1 Å². The van der Waals surface area contributed by atoms with Crippen molar-refractivity contribution in [3.05, 3.63) is 0 Å². The van der Waals surface area contributed by atoms with Crippen LogP contribution in [0.3, 0.4) is 0 Å². The van der Waals surface area contributed by atoms with Gasteiger partial charge < -0.3 is 15.0 Å². The molecule has 1 aliphatic carbocycles. The Labute approximate surface area is 119 Å². The lowest BCUT2D eigenvalue weighted by molar-refractivity contribution is -0.109. The fraction of sp³-hybridized carbons (Fsp3) is 1.00. The van der Waals surface area contributed by atoms with Crippen LogP contribution < -0.4 is 5.32 Å². The third-order valence-corrected chi connectivity index (χ3v) is 5.01. The predicted molar refractivity (Wildman–Crippen MR) is 80.6 cm³/mol. The highest BCUT2D eigenvalue weighted by atomic mass is 16.5. The van der Waals surface area contributed by atoms with Crippen molar-refractivity contribution in [2.45, 2.75) is 70.4 Å². The van der Waals surface area contributed by atoms with Gasteiger partial charge >= 0.3 is 0 Å². The first-order chi connectivity index (χ1) is 9.28. The van der Waals surface area contributed by atoms with Gasteiger partial charge in [-0.25, -0.2) is 0 Å². The number of rotatable bonds is 6. The summed E-state index contributed by atoms with van der Waals surface area (Å²) in [5.41, 5.74) is 0.239. The second-order valence-electron chi connectivity index (χ2n) is 6.26. The van der Waals surface area contributed by atoms with E-state index in [-0.39, 0.29) is 5.60 Å². The van der Waals surface area contributed by atoms with E-state index >= 15 is 0 Å². The zero-order valence-electron chi connectivity index (χ0n) is 12.9. The van der Waals surface area contributed by atoms with Gasteiger partial charge in [0.15, 0.2) is 0 Å². The van der Waals surface area contributed by atoms with Crippen LogP contribution in [0.15, 0.2) is 0 Å². The summed E-state index contributed by atoms with van der Waals surface area (Å²) in [7, 11) is 0. The van der Waals surface area contributed by atoms with Gasteiger partial charge in [-0.05, 0) is 38.8 Å². The second kappa shape index (κ2) is 7.61. The molecule has 1 atom stereocenters. The highest BCUT2D eigenvalue weighted by molar-refractivity contribution is 4.92. The van der Waals surface area contributed by atoms with E-state index < -0.39 is 0 Å². The average Bonchev–Trinajstić information content (AvgIpc) is 2.45. The summed E-state index contributed by atoms with van der Waals surface area (Å²) >= 11 is 0. The van der Waals surface area contributed by atoms with Crippen molar-refractivity contribution >= 4 is 0 Å². The maximum atomic E-state index is 6.16. The van der Waals surface area contributed by atoms with Crippen molar-refractivity contribution in [3.63, 3.8) is 0 Å². The van der Waals surface area contributed by atoms with Crippen molar-refractivity contribution in [3.8, 4) is 0 Å². The van der Waals surface area contributed by atoms with Gasteiger partial charge in [0.1, 0.15) is 0 Å². The predicted octanol–water partition coefficient (Wildman–Crippen LogP) is 2.80. The van der Waals surface area contributed by atoms with E-state index in [0.717, 1.165) is 26.2 Å². The summed E-state index contributed by atoms with van der Waals surface area (Å²) in [4.78, 5) is 2.49. The number of hydrogen-bond acceptors (Lipinski definition) is 3. The first kappa shape index (κ1) is 15.3. The van der Waals surface area contributed by atoms with Crippen LogP contribution in [-0.4, -0.2) is 49.3 Å². The molecule has 1 aliphatic heterocycles. The summed E-state index contributed by atoms with van der Waals surface area (Å²) in [6, 6.07) is 0.683. The topological polar surface area (TPSA) is 24.5 Å². The lowest BCUT2D eigenvalue weighted by Crippen LogP contribution is -2.49. The van der Waals surface area contributed by atoms with Gasteiger partial charge in [0.05, 0.1) is 5.60 Å². The Morgan fingerprint density at radius 2 is 1.89 bits per heavy atom. The molecule has 0 aromatic heterocycles. The third-order valence-electron chi connectivity index (χ3n) is 5.01. The molecule has 1 saturated carbocycles. The molecule has 1 spiro atoms. The Balaban J connectivity index is 1.72. The molecule has 1 saturated heterocycles. The van der Waals surface area contributed by atoms with Gasteiger partial charge in [-0.15, -0.1) is 0 Å². The second-order valence-corrected chi connectivity index (χ2v) is 6.26. The van der Waals surface area contributed by atoms with Crippen LogP contribution in [0.2, 0.25) is 0 Å². The monoisotopic (exact) mass is 268 g/mol. The Morgan fingerprint density at radius 3 is 2.58 bits per heavy atom. The molecule has 19 heavy (non-hydrogen) atoms. The molecule has 0 aromatic rings. The van der Waals surface area contributed by atoms with Crippen LogP contribution in [0, 0.1) is 0 Å². The van der Waals surface area contributed by atoms with Crippen LogP contribution in [0.25, 0.3) is 0 Å². The van der Waals surface area contributed by atoms with E-state index in [9.17, 15) is 0 Å². The smallest absolute Gasteiger partial charge is 0.0697 e. The molecular weight excluding hydrogens is 236 g/mol. The average molecular weight is 268 g/mol. The minimum absolute atomic E-state index is 0.239. The van der Waals surface area contributed by atoms with E-state index in [1.165, 1.54) is 51.5 Å². The van der Waals surface area contributed by atoms with Crippen molar-refractivity contribution in [1.82, 2.24) is 10.2 Å². The summed E-state index contributed by atoms with van der Waals surface area (Å²) < 4.78 is 6.16. The lowest BCUT2D eigenvalue weighted by Gasteiger charge is -2.44. The maximum absolute atomic E-state index is 6.16. The molecule has 0 amide bonds. The van der Waals surface area contributed by atoms with Gasteiger partial charge in [0.25, 0.3) is 0 Å². The Hall–Kier alpha value is -0.120. The largest absolute Gasteiger partial charge is 0.375 e. The summed E-state index contributed by atoms with van der Waals surface area (Å²) in [6.45, 7) is 10.1. The van der Waals surface area contributed by atoms with Crippen LogP contribution in [0.5, 0.6) is 0 Å². The standard InChI is InChI=1S/C16H32N2O/c1-3-18(4-2)12-11-17-15-8-13-19-16(14-15)9-6-5-7-10-16/h15,17H,3-14H2,1-2H3. The highest BCUT2D eigenvalue weighted by Crippen LogP contribution is 2.38. The zero-order chi connectivity index (χ0) is 13.6. The molecule has 3 nitrogen and oxygen atoms in total. The van der Waals surface area contributed by atoms with Crippen LogP contribution in [0.4, 0.5) is 0 Å². The van der Waals surface area contributed by atoms with Crippen molar-refractivity contribution in [1.29, 1.82) is 0 Å². The number of ether oxygens (including phenoxy) is 1. The Bertz CT molecular complexity index is 242. The fourth-order valence-corrected chi connectivity index (χ4v) is 3.71. The SMILES string of the molecule is CCN(CC)CCNC1CCOC2(CCCCC2)C1. The Kier molecular flexibility index (Phi) is 6.11. The fourth-order valence-electron chi connectivity index (χ4n) is 3.71. The molecule has 0 radical (unpaired) electrons.